The number of unbranched alkanes of at least 4 members (excludes halogenated alkanes) is 2. The normalized spacial score (nSPS) is 41.5. The van der Waals surface area contributed by atoms with Crippen LogP contribution in [0.5, 0.6) is 0 Å². The summed E-state index contributed by atoms with van der Waals surface area (Å²) in [7, 11) is 0. The average Bonchev–Trinajstić information content (AvgIpc) is 2.69. The minimum Gasteiger partial charge on any atom is -0.198 e. The summed E-state index contributed by atoms with van der Waals surface area (Å²) < 4.78 is 0. The molecule has 0 spiro atoms. The van der Waals surface area contributed by atoms with Crippen molar-refractivity contribution >= 4 is 0 Å². The van der Waals surface area contributed by atoms with Crippen molar-refractivity contribution in [1.29, 1.82) is 5.26 Å². The summed E-state index contributed by atoms with van der Waals surface area (Å²) >= 11 is 0. The van der Waals surface area contributed by atoms with Gasteiger partial charge in [0.15, 0.2) is 0 Å². The fourth-order valence-electron chi connectivity index (χ4n) is 6.76. The molecule has 2 atom stereocenters. The lowest BCUT2D eigenvalue weighted by Crippen LogP contribution is -2.32. The van der Waals surface area contributed by atoms with E-state index in [9.17, 15) is 5.26 Å². The molecule has 0 aromatic rings. The maximum absolute atomic E-state index is 9.52. The van der Waals surface area contributed by atoms with Crippen LogP contribution in [0.4, 0.5) is 0 Å². The van der Waals surface area contributed by atoms with E-state index in [4.69, 9.17) is 0 Å². The first kappa shape index (κ1) is 20.2. The van der Waals surface area contributed by atoms with Crippen LogP contribution < -0.4 is 0 Å². The Kier molecular flexibility index (Phi) is 7.48. The molecule has 0 aromatic carbocycles. The molecule has 3 aliphatic rings. The zero-order chi connectivity index (χ0) is 18.4. The van der Waals surface area contributed by atoms with Gasteiger partial charge in [0.25, 0.3) is 0 Å². The van der Waals surface area contributed by atoms with Crippen LogP contribution in [-0.2, 0) is 0 Å². The molecule has 3 aliphatic carbocycles. The van der Waals surface area contributed by atoms with Crippen molar-refractivity contribution in [2.45, 2.75) is 117 Å². The van der Waals surface area contributed by atoms with Gasteiger partial charge in [0.05, 0.1) is 11.5 Å². The summed E-state index contributed by atoms with van der Waals surface area (Å²) in [6, 6.07) is 2.63. The summed E-state index contributed by atoms with van der Waals surface area (Å²) in [6.45, 7) is 4.53. The van der Waals surface area contributed by atoms with E-state index >= 15 is 0 Å². The van der Waals surface area contributed by atoms with Gasteiger partial charge in [-0.2, -0.15) is 5.26 Å². The summed E-state index contributed by atoms with van der Waals surface area (Å²) in [5, 5.41) is 9.52. The van der Waals surface area contributed by atoms with Gasteiger partial charge in [-0.1, -0.05) is 58.3 Å². The molecular weight excluding hydrogens is 314 g/mol. The molecule has 0 saturated heterocycles. The van der Waals surface area contributed by atoms with Crippen molar-refractivity contribution < 1.29 is 0 Å². The Hall–Kier alpha value is -0.510. The minimum atomic E-state index is -0.0179. The highest BCUT2D eigenvalue weighted by atomic mass is 14.4. The fraction of sp³-hybridized carbons (Fsp3) is 0.960. The molecule has 3 rings (SSSR count). The van der Waals surface area contributed by atoms with Gasteiger partial charge in [0, 0.05) is 0 Å². The first-order valence-corrected chi connectivity index (χ1v) is 12.0. The maximum Gasteiger partial charge on any atom is 0.0686 e. The lowest BCUT2D eigenvalue weighted by atomic mass is 9.62. The van der Waals surface area contributed by atoms with Gasteiger partial charge in [-0.3, -0.25) is 0 Å². The Bertz CT molecular complexity index is 447. The standard InChI is InChI=1S/C25H43N/c1-3-4-5-7-20-9-11-21(12-10-20)22-13-15-23(16-14-22)24-8-6-17-25(2,18-24)19-26/h20-24H,3-18H2,1-2H3/t20?,21?,22?,23?,24-,25+/m0/s1. The highest BCUT2D eigenvalue weighted by Gasteiger charge is 2.38. The third kappa shape index (κ3) is 5.27. The van der Waals surface area contributed by atoms with Gasteiger partial charge >= 0.3 is 0 Å². The molecule has 0 heterocycles. The monoisotopic (exact) mass is 357 g/mol. The van der Waals surface area contributed by atoms with Crippen LogP contribution in [0.1, 0.15) is 117 Å². The van der Waals surface area contributed by atoms with Gasteiger partial charge in [-0.25, -0.2) is 0 Å². The van der Waals surface area contributed by atoms with E-state index in [1.807, 2.05) is 0 Å². The Morgan fingerprint density at radius 3 is 1.96 bits per heavy atom. The molecule has 1 nitrogen and oxygen atoms in total. The van der Waals surface area contributed by atoms with E-state index in [0.717, 1.165) is 36.0 Å². The highest BCUT2D eigenvalue weighted by molar-refractivity contribution is 5.00. The van der Waals surface area contributed by atoms with E-state index in [1.54, 1.807) is 0 Å². The van der Waals surface area contributed by atoms with Gasteiger partial charge in [-0.05, 0) is 87.9 Å². The molecule has 1 heteroatoms. The van der Waals surface area contributed by atoms with E-state index in [2.05, 4.69) is 19.9 Å². The summed E-state index contributed by atoms with van der Waals surface area (Å²) in [6.07, 6.45) is 22.8. The number of hydrogen-bond donors (Lipinski definition) is 0. The molecule has 0 aliphatic heterocycles. The Morgan fingerprint density at radius 1 is 0.808 bits per heavy atom. The Balaban J connectivity index is 1.39. The fourth-order valence-corrected chi connectivity index (χ4v) is 6.76. The molecule has 0 radical (unpaired) electrons. The smallest absolute Gasteiger partial charge is 0.0686 e. The summed E-state index contributed by atoms with van der Waals surface area (Å²) in [4.78, 5) is 0. The molecule has 3 saturated carbocycles. The first-order valence-electron chi connectivity index (χ1n) is 12.0. The van der Waals surface area contributed by atoms with Crippen molar-refractivity contribution in [3.05, 3.63) is 0 Å². The molecule has 0 N–H and O–H groups in total. The van der Waals surface area contributed by atoms with Crippen LogP contribution >= 0.6 is 0 Å². The SMILES string of the molecule is CCCCCC1CCC(C2CCC([C@H]3CCC[C@@](C)(C#N)C3)CC2)CC1. The Labute approximate surface area is 163 Å². The second kappa shape index (κ2) is 9.61. The predicted molar refractivity (Wildman–Crippen MR) is 111 cm³/mol. The van der Waals surface area contributed by atoms with E-state index in [-0.39, 0.29) is 5.41 Å². The van der Waals surface area contributed by atoms with Crippen LogP contribution in [0.2, 0.25) is 0 Å². The quantitative estimate of drug-likeness (QED) is 0.443. The van der Waals surface area contributed by atoms with E-state index in [0.29, 0.717) is 0 Å². The topological polar surface area (TPSA) is 23.8 Å². The van der Waals surface area contributed by atoms with Crippen LogP contribution in [0.15, 0.2) is 0 Å². The zero-order valence-corrected chi connectivity index (χ0v) is 17.6. The van der Waals surface area contributed by atoms with Crippen molar-refractivity contribution in [3.8, 4) is 6.07 Å². The highest BCUT2D eigenvalue weighted by Crippen LogP contribution is 2.48. The van der Waals surface area contributed by atoms with Gasteiger partial charge < -0.3 is 0 Å². The van der Waals surface area contributed by atoms with Crippen LogP contribution in [0.3, 0.4) is 0 Å². The molecule has 0 aromatic heterocycles. The summed E-state index contributed by atoms with van der Waals surface area (Å²) in [5.74, 6) is 4.93. The van der Waals surface area contributed by atoms with Gasteiger partial charge in [0.1, 0.15) is 0 Å². The maximum atomic E-state index is 9.52. The lowest BCUT2D eigenvalue weighted by Gasteiger charge is -2.42. The number of nitriles is 1. The van der Waals surface area contributed by atoms with E-state index in [1.165, 1.54) is 96.3 Å². The lowest BCUT2D eigenvalue weighted by molar-refractivity contribution is 0.0900. The molecule has 148 valence electrons. The second-order valence-electron chi connectivity index (χ2n) is 10.5. The zero-order valence-electron chi connectivity index (χ0n) is 17.6. The second-order valence-corrected chi connectivity index (χ2v) is 10.5. The van der Waals surface area contributed by atoms with E-state index < -0.39 is 0 Å². The minimum absolute atomic E-state index is 0.0179. The Morgan fingerprint density at radius 2 is 1.38 bits per heavy atom. The number of hydrogen-bond acceptors (Lipinski definition) is 1. The molecule has 3 fully saturated rings. The molecule has 0 unspecified atom stereocenters. The predicted octanol–water partition coefficient (Wildman–Crippen LogP) is 7.90. The van der Waals surface area contributed by atoms with Crippen LogP contribution in [-0.4, -0.2) is 0 Å². The van der Waals surface area contributed by atoms with Crippen molar-refractivity contribution in [2.24, 2.45) is 35.0 Å². The van der Waals surface area contributed by atoms with Gasteiger partial charge in [-0.15, -0.1) is 0 Å². The first-order chi connectivity index (χ1) is 12.6. The van der Waals surface area contributed by atoms with Crippen molar-refractivity contribution in [1.82, 2.24) is 0 Å². The molecule has 26 heavy (non-hydrogen) atoms. The molecule has 0 bridgehead atoms. The molecular formula is C25H43N. The average molecular weight is 358 g/mol. The van der Waals surface area contributed by atoms with Crippen molar-refractivity contribution in [2.75, 3.05) is 0 Å². The third-order valence-corrected chi connectivity index (χ3v) is 8.54. The van der Waals surface area contributed by atoms with Crippen LogP contribution in [0.25, 0.3) is 0 Å². The molecule has 0 amide bonds. The van der Waals surface area contributed by atoms with Crippen molar-refractivity contribution in [3.63, 3.8) is 0 Å². The largest absolute Gasteiger partial charge is 0.198 e. The number of rotatable bonds is 6. The number of nitrogens with zero attached hydrogens (tertiary/aromatic N) is 1. The third-order valence-electron chi connectivity index (χ3n) is 8.54. The summed E-state index contributed by atoms with van der Waals surface area (Å²) in [5.41, 5.74) is -0.0179. The van der Waals surface area contributed by atoms with Gasteiger partial charge in [0.2, 0.25) is 0 Å². The van der Waals surface area contributed by atoms with Crippen LogP contribution in [0, 0.1) is 46.3 Å².